The highest BCUT2D eigenvalue weighted by molar-refractivity contribution is 5.97. The third-order valence-electron chi connectivity index (χ3n) is 3.73. The largest absolute Gasteiger partial charge is 0.463 e. The number of pyridine rings is 1. The van der Waals surface area contributed by atoms with E-state index in [2.05, 4.69) is 20.3 Å². The SMILES string of the molecule is O=C(NCc1ccc(-c2ccco2)nc1)c1ccc2nc[nH]c2c1. The fourth-order valence-corrected chi connectivity index (χ4v) is 2.46. The lowest BCUT2D eigenvalue weighted by Crippen LogP contribution is -2.22. The van der Waals surface area contributed by atoms with E-state index in [0.29, 0.717) is 12.1 Å². The first-order valence-corrected chi connectivity index (χ1v) is 7.50. The molecule has 3 aromatic heterocycles. The molecule has 4 rings (SSSR count). The molecular weight excluding hydrogens is 304 g/mol. The van der Waals surface area contributed by atoms with Gasteiger partial charge in [0.25, 0.3) is 5.91 Å². The van der Waals surface area contributed by atoms with E-state index < -0.39 is 0 Å². The number of amides is 1. The molecule has 2 N–H and O–H groups in total. The number of H-pyrrole nitrogens is 1. The third-order valence-corrected chi connectivity index (χ3v) is 3.73. The number of aromatic amines is 1. The van der Waals surface area contributed by atoms with Crippen LogP contribution in [-0.4, -0.2) is 20.9 Å². The first-order valence-electron chi connectivity index (χ1n) is 7.50. The van der Waals surface area contributed by atoms with Crippen LogP contribution in [0.5, 0.6) is 0 Å². The van der Waals surface area contributed by atoms with Crippen LogP contribution >= 0.6 is 0 Å². The number of imidazole rings is 1. The lowest BCUT2D eigenvalue weighted by molar-refractivity contribution is 0.0951. The Bertz CT molecular complexity index is 972. The highest BCUT2D eigenvalue weighted by Crippen LogP contribution is 2.17. The van der Waals surface area contributed by atoms with Gasteiger partial charge in [0.1, 0.15) is 5.69 Å². The standard InChI is InChI=1S/C18H14N4O2/c23-18(13-4-6-14-16(8-13)22-11-21-14)20-10-12-3-5-15(19-9-12)17-2-1-7-24-17/h1-9,11H,10H2,(H,20,23)(H,21,22). The molecule has 0 fully saturated rings. The molecule has 0 unspecified atom stereocenters. The van der Waals surface area contributed by atoms with Gasteiger partial charge in [-0.3, -0.25) is 9.78 Å². The predicted octanol–water partition coefficient (Wildman–Crippen LogP) is 3.15. The van der Waals surface area contributed by atoms with Crippen molar-refractivity contribution in [3.05, 3.63) is 72.4 Å². The molecule has 0 saturated heterocycles. The van der Waals surface area contributed by atoms with Crippen LogP contribution in [0.1, 0.15) is 15.9 Å². The molecule has 0 aliphatic rings. The van der Waals surface area contributed by atoms with E-state index in [1.807, 2.05) is 30.3 Å². The van der Waals surface area contributed by atoms with Crippen molar-refractivity contribution in [2.45, 2.75) is 6.54 Å². The number of nitrogens with one attached hydrogen (secondary N) is 2. The van der Waals surface area contributed by atoms with E-state index in [-0.39, 0.29) is 5.91 Å². The zero-order valence-corrected chi connectivity index (χ0v) is 12.7. The van der Waals surface area contributed by atoms with Gasteiger partial charge in [0, 0.05) is 18.3 Å². The topological polar surface area (TPSA) is 83.8 Å². The van der Waals surface area contributed by atoms with Gasteiger partial charge in [0.2, 0.25) is 0 Å². The maximum Gasteiger partial charge on any atom is 0.251 e. The first kappa shape index (κ1) is 14.2. The molecule has 4 aromatic rings. The molecule has 3 heterocycles. The number of hydrogen-bond acceptors (Lipinski definition) is 4. The number of fused-ring (bicyclic) bond motifs is 1. The van der Waals surface area contributed by atoms with E-state index in [0.717, 1.165) is 28.1 Å². The Kier molecular flexibility index (Phi) is 3.55. The van der Waals surface area contributed by atoms with Crippen LogP contribution in [-0.2, 0) is 6.54 Å². The fourth-order valence-electron chi connectivity index (χ4n) is 2.46. The van der Waals surface area contributed by atoms with Crippen LogP contribution in [0.15, 0.2) is 65.7 Å². The van der Waals surface area contributed by atoms with Gasteiger partial charge in [0.05, 0.1) is 23.6 Å². The van der Waals surface area contributed by atoms with Crippen LogP contribution in [0.25, 0.3) is 22.5 Å². The van der Waals surface area contributed by atoms with Crippen molar-refractivity contribution in [1.82, 2.24) is 20.3 Å². The minimum Gasteiger partial charge on any atom is -0.463 e. The van der Waals surface area contributed by atoms with Gasteiger partial charge in [-0.2, -0.15) is 0 Å². The number of furan rings is 1. The number of rotatable bonds is 4. The van der Waals surface area contributed by atoms with E-state index in [4.69, 9.17) is 4.42 Å². The van der Waals surface area contributed by atoms with Gasteiger partial charge in [0.15, 0.2) is 5.76 Å². The maximum absolute atomic E-state index is 12.3. The molecule has 1 amide bonds. The van der Waals surface area contributed by atoms with Gasteiger partial charge in [-0.05, 0) is 42.0 Å². The predicted molar refractivity (Wildman–Crippen MR) is 89.2 cm³/mol. The highest BCUT2D eigenvalue weighted by Gasteiger charge is 2.08. The lowest BCUT2D eigenvalue weighted by atomic mass is 10.2. The van der Waals surface area contributed by atoms with E-state index >= 15 is 0 Å². The Balaban J connectivity index is 1.43. The molecule has 6 heteroatoms. The minimum absolute atomic E-state index is 0.137. The lowest BCUT2D eigenvalue weighted by Gasteiger charge is -2.06. The molecule has 0 aliphatic carbocycles. The third kappa shape index (κ3) is 2.77. The molecule has 0 aliphatic heterocycles. The van der Waals surface area contributed by atoms with Crippen LogP contribution in [0, 0.1) is 0 Å². The molecule has 24 heavy (non-hydrogen) atoms. The Labute approximate surface area is 137 Å². The van der Waals surface area contributed by atoms with Crippen molar-refractivity contribution in [2.75, 3.05) is 0 Å². The summed E-state index contributed by atoms with van der Waals surface area (Å²) >= 11 is 0. The number of hydrogen-bond donors (Lipinski definition) is 2. The fraction of sp³-hybridized carbons (Fsp3) is 0.0556. The van der Waals surface area contributed by atoms with Crippen molar-refractivity contribution in [3.8, 4) is 11.5 Å². The summed E-state index contributed by atoms with van der Waals surface area (Å²) < 4.78 is 5.30. The maximum atomic E-state index is 12.3. The first-order chi connectivity index (χ1) is 11.8. The van der Waals surface area contributed by atoms with E-state index in [9.17, 15) is 4.79 Å². The summed E-state index contributed by atoms with van der Waals surface area (Å²) in [6.45, 7) is 0.408. The summed E-state index contributed by atoms with van der Waals surface area (Å²) in [5, 5.41) is 2.89. The molecule has 1 aromatic carbocycles. The van der Waals surface area contributed by atoms with Gasteiger partial charge < -0.3 is 14.7 Å². The Morgan fingerprint density at radius 3 is 2.92 bits per heavy atom. The molecule has 0 saturated carbocycles. The molecule has 0 radical (unpaired) electrons. The number of carbonyl (C=O) groups excluding carboxylic acids is 1. The molecule has 0 spiro atoms. The van der Waals surface area contributed by atoms with Crippen LogP contribution in [0.2, 0.25) is 0 Å². The Morgan fingerprint density at radius 2 is 2.12 bits per heavy atom. The number of aromatic nitrogens is 3. The molecule has 0 bridgehead atoms. The van der Waals surface area contributed by atoms with E-state index in [1.165, 1.54) is 0 Å². The van der Waals surface area contributed by atoms with E-state index in [1.54, 1.807) is 30.9 Å². The summed E-state index contributed by atoms with van der Waals surface area (Å²) in [4.78, 5) is 23.7. The second kappa shape index (κ2) is 6.00. The van der Waals surface area contributed by atoms with Gasteiger partial charge in [-0.1, -0.05) is 6.07 Å². The van der Waals surface area contributed by atoms with Crippen LogP contribution in [0.3, 0.4) is 0 Å². The van der Waals surface area contributed by atoms with Crippen LogP contribution in [0.4, 0.5) is 0 Å². The highest BCUT2D eigenvalue weighted by atomic mass is 16.3. The van der Waals surface area contributed by atoms with Crippen molar-refractivity contribution in [2.24, 2.45) is 0 Å². The number of nitrogens with zero attached hydrogens (tertiary/aromatic N) is 2. The van der Waals surface area contributed by atoms with Crippen LogP contribution < -0.4 is 5.32 Å². The van der Waals surface area contributed by atoms with Crippen molar-refractivity contribution in [1.29, 1.82) is 0 Å². The number of carbonyl (C=O) groups is 1. The minimum atomic E-state index is -0.137. The summed E-state index contributed by atoms with van der Waals surface area (Å²) in [6.07, 6.45) is 4.95. The average Bonchev–Trinajstić information content (AvgIpc) is 3.30. The van der Waals surface area contributed by atoms with Crippen molar-refractivity contribution in [3.63, 3.8) is 0 Å². The van der Waals surface area contributed by atoms with Gasteiger partial charge >= 0.3 is 0 Å². The molecule has 0 atom stereocenters. The van der Waals surface area contributed by atoms with Crippen molar-refractivity contribution >= 4 is 16.9 Å². The Hall–Kier alpha value is -3.41. The molecule has 6 nitrogen and oxygen atoms in total. The number of benzene rings is 1. The second-order valence-corrected chi connectivity index (χ2v) is 5.35. The van der Waals surface area contributed by atoms with Gasteiger partial charge in [-0.15, -0.1) is 0 Å². The average molecular weight is 318 g/mol. The second-order valence-electron chi connectivity index (χ2n) is 5.35. The summed E-state index contributed by atoms with van der Waals surface area (Å²) in [6, 6.07) is 12.8. The summed E-state index contributed by atoms with van der Waals surface area (Å²) in [5.74, 6) is 0.583. The van der Waals surface area contributed by atoms with Crippen molar-refractivity contribution < 1.29 is 9.21 Å². The Morgan fingerprint density at radius 1 is 1.17 bits per heavy atom. The summed E-state index contributed by atoms with van der Waals surface area (Å²) in [7, 11) is 0. The molecule has 118 valence electrons. The molecular formula is C18H14N4O2. The summed E-state index contributed by atoms with van der Waals surface area (Å²) in [5.41, 5.74) is 3.95. The smallest absolute Gasteiger partial charge is 0.251 e. The zero-order valence-electron chi connectivity index (χ0n) is 12.7. The monoisotopic (exact) mass is 318 g/mol. The quantitative estimate of drug-likeness (QED) is 0.605. The van der Waals surface area contributed by atoms with Gasteiger partial charge in [-0.25, -0.2) is 4.98 Å². The normalized spacial score (nSPS) is 10.8. The zero-order chi connectivity index (χ0) is 16.4.